The van der Waals surface area contributed by atoms with Crippen LogP contribution in [0.1, 0.15) is 95.5 Å². The molecule has 0 radical (unpaired) electrons. The van der Waals surface area contributed by atoms with E-state index in [9.17, 15) is 4.79 Å². The minimum atomic E-state index is -1.57. The van der Waals surface area contributed by atoms with Gasteiger partial charge in [0.25, 0.3) is 0 Å². The van der Waals surface area contributed by atoms with E-state index in [2.05, 4.69) is 43.8 Å². The Kier molecular flexibility index (Phi) is 11.5. The van der Waals surface area contributed by atoms with E-state index in [1.165, 1.54) is 51.4 Å². The van der Waals surface area contributed by atoms with Gasteiger partial charge >= 0.3 is 0 Å². The number of benzene rings is 1. The summed E-state index contributed by atoms with van der Waals surface area (Å²) in [4.78, 5) is 20.1. The van der Waals surface area contributed by atoms with Crippen molar-refractivity contribution in [2.75, 3.05) is 13.2 Å². The first-order valence-electron chi connectivity index (χ1n) is 12.7. The zero-order chi connectivity index (χ0) is 24.2. The summed E-state index contributed by atoms with van der Waals surface area (Å²) in [6.45, 7) is 13.1. The van der Waals surface area contributed by atoms with Crippen LogP contribution in [0, 0.1) is 0 Å². The van der Waals surface area contributed by atoms with E-state index in [1.807, 2.05) is 24.3 Å². The van der Waals surface area contributed by atoms with E-state index < -0.39 is 8.32 Å². The van der Waals surface area contributed by atoms with Gasteiger partial charge in [0.2, 0.25) is 5.88 Å². The zero-order valence-electron chi connectivity index (χ0n) is 21.5. The molecule has 0 atom stereocenters. The molecular weight excluding hydrogens is 428 g/mol. The average molecular weight is 473 g/mol. The lowest BCUT2D eigenvalue weighted by Crippen LogP contribution is -2.40. The van der Waals surface area contributed by atoms with Crippen molar-refractivity contribution in [1.29, 1.82) is 0 Å². The quantitative estimate of drug-likeness (QED) is 0.142. The van der Waals surface area contributed by atoms with Gasteiger partial charge in [-0.1, -0.05) is 84.3 Å². The van der Waals surface area contributed by atoms with Crippen LogP contribution in [0.3, 0.4) is 0 Å². The molecule has 0 aliphatic carbocycles. The van der Waals surface area contributed by atoms with Crippen molar-refractivity contribution < 1.29 is 14.0 Å². The van der Waals surface area contributed by atoms with Crippen molar-refractivity contribution in [3.8, 4) is 5.88 Å². The number of hydrogen-bond donors (Lipinski definition) is 0. The molecule has 1 aromatic carbocycles. The fraction of sp³-hybridized carbons (Fsp3) is 0.667. The van der Waals surface area contributed by atoms with E-state index in [0.717, 1.165) is 31.3 Å². The molecule has 184 valence electrons. The predicted octanol–water partition coefficient (Wildman–Crippen LogP) is 7.74. The SMILES string of the molecule is CC(C)(C)[Si](C)(C)OCCCCCCCCCCCCOc1nc2ccccc2nc1C=O. The second-order valence-corrected chi connectivity index (χ2v) is 15.3. The number of carbonyl (C=O) groups excluding carboxylic acids is 1. The number of aromatic nitrogens is 2. The van der Waals surface area contributed by atoms with Crippen molar-refractivity contribution >= 4 is 25.6 Å². The number of aldehydes is 1. The molecule has 5 nitrogen and oxygen atoms in total. The molecule has 0 amide bonds. The molecule has 33 heavy (non-hydrogen) atoms. The maximum Gasteiger partial charge on any atom is 0.244 e. The van der Waals surface area contributed by atoms with Crippen molar-refractivity contribution in [3.63, 3.8) is 0 Å². The van der Waals surface area contributed by atoms with Gasteiger partial charge in [-0.25, -0.2) is 9.97 Å². The Morgan fingerprint density at radius 3 is 1.79 bits per heavy atom. The third-order valence-electron chi connectivity index (χ3n) is 6.72. The smallest absolute Gasteiger partial charge is 0.244 e. The maximum atomic E-state index is 11.3. The van der Waals surface area contributed by atoms with E-state index in [-0.39, 0.29) is 5.69 Å². The van der Waals surface area contributed by atoms with Gasteiger partial charge in [-0.2, -0.15) is 0 Å². The Bertz CT molecular complexity index is 849. The molecule has 0 fully saturated rings. The third kappa shape index (κ3) is 9.53. The second-order valence-electron chi connectivity index (χ2n) is 10.5. The first kappa shape index (κ1) is 27.5. The highest BCUT2D eigenvalue weighted by Crippen LogP contribution is 2.36. The van der Waals surface area contributed by atoms with Crippen molar-refractivity contribution in [3.05, 3.63) is 30.0 Å². The molecule has 2 rings (SSSR count). The monoisotopic (exact) mass is 472 g/mol. The van der Waals surface area contributed by atoms with Gasteiger partial charge < -0.3 is 9.16 Å². The molecule has 2 aromatic rings. The molecular formula is C27H44N2O3Si. The lowest BCUT2D eigenvalue weighted by atomic mass is 10.1. The molecule has 0 N–H and O–H groups in total. The predicted molar refractivity (Wildman–Crippen MR) is 140 cm³/mol. The van der Waals surface area contributed by atoms with E-state index >= 15 is 0 Å². The topological polar surface area (TPSA) is 61.3 Å². The lowest BCUT2D eigenvalue weighted by molar-refractivity contribution is 0.111. The summed E-state index contributed by atoms with van der Waals surface area (Å²) in [6.07, 6.45) is 13.1. The number of fused-ring (bicyclic) bond motifs is 1. The Morgan fingerprint density at radius 2 is 1.27 bits per heavy atom. The van der Waals surface area contributed by atoms with Gasteiger partial charge in [0.1, 0.15) is 0 Å². The molecule has 0 unspecified atom stereocenters. The number of hydrogen-bond acceptors (Lipinski definition) is 5. The molecule has 0 saturated heterocycles. The average Bonchev–Trinajstić information content (AvgIpc) is 2.77. The number of para-hydroxylation sites is 2. The highest BCUT2D eigenvalue weighted by molar-refractivity contribution is 6.74. The Hall–Kier alpha value is -1.79. The van der Waals surface area contributed by atoms with Crippen molar-refractivity contribution in [2.24, 2.45) is 0 Å². The van der Waals surface area contributed by atoms with E-state index in [4.69, 9.17) is 9.16 Å². The molecule has 1 aromatic heterocycles. The van der Waals surface area contributed by atoms with Gasteiger partial charge in [0.15, 0.2) is 20.3 Å². The number of nitrogens with zero attached hydrogens (tertiary/aromatic N) is 2. The van der Waals surface area contributed by atoms with Gasteiger partial charge in [0, 0.05) is 6.61 Å². The third-order valence-corrected chi connectivity index (χ3v) is 11.3. The standard InChI is InChI=1S/C27H44N2O3Si/c1-27(2,3)33(4,5)32-21-17-13-11-9-7-6-8-10-12-16-20-31-26-25(22-30)28-23-18-14-15-19-24(23)29-26/h14-15,18-19,22H,6-13,16-17,20-21H2,1-5H3. The van der Waals surface area contributed by atoms with Gasteiger partial charge in [0.05, 0.1) is 17.6 Å². The lowest BCUT2D eigenvalue weighted by Gasteiger charge is -2.36. The van der Waals surface area contributed by atoms with Gasteiger partial charge in [-0.05, 0) is 43.1 Å². The van der Waals surface area contributed by atoms with Crippen LogP contribution in [0.25, 0.3) is 11.0 Å². The van der Waals surface area contributed by atoms with E-state index in [0.29, 0.717) is 23.0 Å². The molecule has 0 aliphatic heterocycles. The van der Waals surface area contributed by atoms with Crippen LogP contribution in [0.5, 0.6) is 5.88 Å². The summed E-state index contributed by atoms with van der Waals surface area (Å²) >= 11 is 0. The van der Waals surface area contributed by atoms with Crippen LogP contribution in [0.4, 0.5) is 0 Å². The Balaban J connectivity index is 1.46. The van der Waals surface area contributed by atoms with Crippen LogP contribution in [0.2, 0.25) is 18.1 Å². The molecule has 6 heteroatoms. The minimum absolute atomic E-state index is 0.278. The summed E-state index contributed by atoms with van der Waals surface area (Å²) in [6, 6.07) is 7.53. The summed E-state index contributed by atoms with van der Waals surface area (Å²) in [5.41, 5.74) is 1.74. The maximum absolute atomic E-state index is 11.3. The molecule has 0 bridgehead atoms. The summed E-state index contributed by atoms with van der Waals surface area (Å²) in [5, 5.41) is 0.308. The largest absolute Gasteiger partial charge is 0.476 e. The Morgan fingerprint density at radius 1 is 0.788 bits per heavy atom. The zero-order valence-corrected chi connectivity index (χ0v) is 22.5. The fourth-order valence-electron chi connectivity index (χ4n) is 3.51. The normalized spacial score (nSPS) is 12.3. The summed E-state index contributed by atoms with van der Waals surface area (Å²) in [5.74, 6) is 0.346. The molecule has 0 saturated carbocycles. The molecule has 0 aliphatic rings. The van der Waals surface area contributed by atoms with Crippen LogP contribution in [-0.2, 0) is 4.43 Å². The van der Waals surface area contributed by atoms with Crippen LogP contribution in [-0.4, -0.2) is 37.8 Å². The Labute approximate surface area is 201 Å². The molecule has 1 heterocycles. The molecule has 0 spiro atoms. The van der Waals surface area contributed by atoms with Crippen LogP contribution in [0.15, 0.2) is 24.3 Å². The summed E-state index contributed by atoms with van der Waals surface area (Å²) in [7, 11) is -1.57. The number of rotatable bonds is 16. The van der Waals surface area contributed by atoms with Crippen LogP contribution >= 0.6 is 0 Å². The van der Waals surface area contributed by atoms with Crippen molar-refractivity contribution in [1.82, 2.24) is 9.97 Å². The van der Waals surface area contributed by atoms with Crippen LogP contribution < -0.4 is 4.74 Å². The minimum Gasteiger partial charge on any atom is -0.476 e. The van der Waals surface area contributed by atoms with E-state index in [1.54, 1.807) is 0 Å². The number of carbonyl (C=O) groups is 1. The second kappa shape index (κ2) is 13.8. The summed E-state index contributed by atoms with van der Waals surface area (Å²) < 4.78 is 12.0. The fourth-order valence-corrected chi connectivity index (χ4v) is 4.60. The highest BCUT2D eigenvalue weighted by atomic mass is 28.4. The number of ether oxygens (including phenoxy) is 1. The van der Waals surface area contributed by atoms with Gasteiger partial charge in [-0.15, -0.1) is 0 Å². The van der Waals surface area contributed by atoms with Crippen molar-refractivity contribution in [2.45, 2.75) is 103 Å². The first-order valence-corrected chi connectivity index (χ1v) is 15.6. The highest BCUT2D eigenvalue weighted by Gasteiger charge is 2.36. The first-order chi connectivity index (χ1) is 15.7. The number of unbranched alkanes of at least 4 members (excludes halogenated alkanes) is 9. The van der Waals surface area contributed by atoms with Gasteiger partial charge in [-0.3, -0.25) is 4.79 Å².